The van der Waals surface area contributed by atoms with Crippen molar-refractivity contribution < 1.29 is 49.2 Å². The van der Waals surface area contributed by atoms with Crippen molar-refractivity contribution in [1.29, 1.82) is 0 Å². The van der Waals surface area contributed by atoms with Crippen LogP contribution in [0.5, 0.6) is 0 Å². The molecule has 128 valence electrons. The molecule has 0 aromatic rings. The van der Waals surface area contributed by atoms with Gasteiger partial charge >= 0.3 is 27.5 Å². The SMILES string of the molecule is O=C(OC(C(F)(F)F)C(F)(F)S(=O)(=O)O)C1CCC2OC2C1. The maximum Gasteiger partial charge on any atom is 0.432 e. The topological polar surface area (TPSA) is 93.2 Å². The number of epoxide rings is 1. The normalized spacial score (nSPS) is 30.4. The molecule has 1 saturated carbocycles. The minimum absolute atomic E-state index is 0.0194. The second-order valence-corrected chi connectivity index (χ2v) is 6.61. The fourth-order valence-corrected chi connectivity index (χ4v) is 2.74. The summed E-state index contributed by atoms with van der Waals surface area (Å²) in [5.74, 6) is -2.69. The van der Waals surface area contributed by atoms with Gasteiger partial charge in [0.1, 0.15) is 0 Å². The molecule has 1 aliphatic heterocycles. The fourth-order valence-electron chi connectivity index (χ4n) is 2.29. The van der Waals surface area contributed by atoms with Crippen LogP contribution in [-0.2, 0) is 24.4 Å². The molecule has 0 aromatic carbocycles. The third-order valence-corrected chi connectivity index (χ3v) is 4.42. The number of ether oxygens (including phenoxy) is 2. The van der Waals surface area contributed by atoms with Crippen LogP contribution in [0.2, 0.25) is 0 Å². The first kappa shape index (κ1) is 17.3. The van der Waals surface area contributed by atoms with Crippen LogP contribution < -0.4 is 0 Å². The molecule has 12 heteroatoms. The predicted octanol–water partition coefficient (Wildman–Crippen LogP) is 1.51. The summed E-state index contributed by atoms with van der Waals surface area (Å²) in [6.07, 6.45) is -10.1. The maximum absolute atomic E-state index is 13.2. The van der Waals surface area contributed by atoms with Crippen molar-refractivity contribution in [3.05, 3.63) is 0 Å². The Hall–Kier alpha value is -1.01. The first-order valence-corrected chi connectivity index (χ1v) is 7.55. The molecule has 4 unspecified atom stereocenters. The van der Waals surface area contributed by atoms with E-state index in [4.69, 9.17) is 9.29 Å². The lowest BCUT2D eigenvalue weighted by Gasteiger charge is -2.28. The van der Waals surface area contributed by atoms with Gasteiger partial charge in [0.2, 0.25) is 0 Å². The van der Waals surface area contributed by atoms with E-state index >= 15 is 0 Å². The molecule has 2 fully saturated rings. The number of carbonyl (C=O) groups is 1. The summed E-state index contributed by atoms with van der Waals surface area (Å²) in [7, 11) is -6.42. The van der Waals surface area contributed by atoms with Gasteiger partial charge in [-0.15, -0.1) is 0 Å². The van der Waals surface area contributed by atoms with Crippen LogP contribution in [0.15, 0.2) is 0 Å². The van der Waals surface area contributed by atoms with Gasteiger partial charge in [-0.2, -0.15) is 30.4 Å². The first-order chi connectivity index (χ1) is 9.84. The highest BCUT2D eigenvalue weighted by molar-refractivity contribution is 7.86. The lowest BCUT2D eigenvalue weighted by Crippen LogP contribution is -2.52. The smallest absolute Gasteiger partial charge is 0.432 e. The van der Waals surface area contributed by atoms with Gasteiger partial charge < -0.3 is 9.47 Å². The second-order valence-electron chi connectivity index (χ2n) is 5.12. The molecule has 0 radical (unpaired) electrons. The monoisotopic (exact) mass is 354 g/mol. The average Bonchev–Trinajstić information content (AvgIpc) is 3.10. The highest BCUT2D eigenvalue weighted by Crippen LogP contribution is 2.42. The van der Waals surface area contributed by atoms with Crippen LogP contribution in [-0.4, -0.2) is 48.7 Å². The van der Waals surface area contributed by atoms with Gasteiger partial charge in [0.05, 0.1) is 18.1 Å². The molecule has 1 aliphatic carbocycles. The number of hydrogen-bond donors (Lipinski definition) is 1. The molecule has 1 heterocycles. The van der Waals surface area contributed by atoms with Gasteiger partial charge in [0.15, 0.2) is 0 Å². The number of esters is 1. The molecular weight excluding hydrogens is 343 g/mol. The number of halogens is 5. The quantitative estimate of drug-likeness (QED) is 0.356. The lowest BCUT2D eigenvalue weighted by molar-refractivity contribution is -0.261. The summed E-state index contributed by atoms with van der Waals surface area (Å²) in [6, 6.07) is 0. The fraction of sp³-hybridized carbons (Fsp3) is 0.900. The van der Waals surface area contributed by atoms with E-state index in [0.29, 0.717) is 6.42 Å². The van der Waals surface area contributed by atoms with Crippen LogP contribution in [0.4, 0.5) is 22.0 Å². The number of fused-ring (bicyclic) bond motifs is 1. The van der Waals surface area contributed by atoms with E-state index < -0.39 is 39.5 Å². The number of carbonyl (C=O) groups excluding carboxylic acids is 1. The Labute approximate surface area is 121 Å². The molecule has 2 rings (SSSR count). The Kier molecular flexibility index (Phi) is 4.15. The van der Waals surface area contributed by atoms with Gasteiger partial charge in [-0.1, -0.05) is 0 Å². The van der Waals surface area contributed by atoms with Gasteiger partial charge in [-0.05, 0) is 19.3 Å². The summed E-state index contributed by atoms with van der Waals surface area (Å²) in [5, 5.41) is -5.70. The summed E-state index contributed by atoms with van der Waals surface area (Å²) < 4.78 is 102. The maximum atomic E-state index is 13.2. The van der Waals surface area contributed by atoms with Crippen molar-refractivity contribution >= 4 is 16.1 Å². The number of rotatable bonds is 4. The standard InChI is InChI=1S/C10H11F5O6S/c11-9(12,13)8(10(14,15)22(17,18)19)21-7(16)4-1-2-5-6(3-4)20-5/h4-6,8H,1-3H2,(H,17,18,19). The third-order valence-electron chi connectivity index (χ3n) is 3.52. The van der Waals surface area contributed by atoms with Crippen LogP contribution in [0.3, 0.4) is 0 Å². The van der Waals surface area contributed by atoms with Crippen LogP contribution in [0.1, 0.15) is 19.3 Å². The number of alkyl halides is 5. The summed E-state index contributed by atoms with van der Waals surface area (Å²) in [4.78, 5) is 11.6. The van der Waals surface area contributed by atoms with Gasteiger partial charge in [-0.25, -0.2) is 0 Å². The summed E-state index contributed by atoms with van der Waals surface area (Å²) >= 11 is 0. The Bertz CT molecular complexity index is 559. The van der Waals surface area contributed by atoms with E-state index in [1.165, 1.54) is 0 Å². The zero-order valence-corrected chi connectivity index (χ0v) is 11.5. The minimum Gasteiger partial charge on any atom is -0.444 e. The van der Waals surface area contributed by atoms with Crippen LogP contribution in [0.25, 0.3) is 0 Å². The Morgan fingerprint density at radius 1 is 1.18 bits per heavy atom. The van der Waals surface area contributed by atoms with Crippen molar-refractivity contribution in [3.8, 4) is 0 Å². The van der Waals surface area contributed by atoms with Crippen molar-refractivity contribution in [2.24, 2.45) is 5.92 Å². The molecule has 0 amide bonds. The molecule has 4 atom stereocenters. The molecule has 0 aromatic heterocycles. The van der Waals surface area contributed by atoms with Crippen molar-refractivity contribution in [3.63, 3.8) is 0 Å². The number of hydrogen-bond acceptors (Lipinski definition) is 5. The molecule has 0 spiro atoms. The van der Waals surface area contributed by atoms with Crippen molar-refractivity contribution in [1.82, 2.24) is 0 Å². The Balaban J connectivity index is 2.15. The van der Waals surface area contributed by atoms with E-state index in [1.807, 2.05) is 0 Å². The summed E-state index contributed by atoms with van der Waals surface area (Å²) in [5.41, 5.74) is 0. The molecule has 6 nitrogen and oxygen atoms in total. The highest BCUT2D eigenvalue weighted by atomic mass is 32.2. The first-order valence-electron chi connectivity index (χ1n) is 6.11. The molecule has 1 N–H and O–H groups in total. The minimum atomic E-state index is -6.42. The molecule has 0 bridgehead atoms. The lowest BCUT2D eigenvalue weighted by atomic mass is 9.89. The molecular formula is C10H11F5O6S. The van der Waals surface area contributed by atoms with Crippen molar-refractivity contribution in [2.45, 2.75) is 49.0 Å². The average molecular weight is 354 g/mol. The van der Waals surface area contributed by atoms with E-state index in [0.717, 1.165) is 0 Å². The van der Waals surface area contributed by atoms with Gasteiger partial charge in [0.25, 0.3) is 6.10 Å². The third kappa shape index (κ3) is 3.33. The molecule has 2 aliphatic rings. The van der Waals surface area contributed by atoms with Crippen LogP contribution >= 0.6 is 0 Å². The van der Waals surface area contributed by atoms with E-state index in [2.05, 4.69) is 4.74 Å². The zero-order valence-electron chi connectivity index (χ0n) is 10.7. The van der Waals surface area contributed by atoms with Crippen molar-refractivity contribution in [2.75, 3.05) is 0 Å². The predicted molar refractivity (Wildman–Crippen MR) is 58.4 cm³/mol. The Morgan fingerprint density at radius 2 is 1.77 bits per heavy atom. The second kappa shape index (κ2) is 5.27. The molecule has 22 heavy (non-hydrogen) atoms. The zero-order chi connectivity index (χ0) is 16.9. The summed E-state index contributed by atoms with van der Waals surface area (Å²) in [6.45, 7) is 0. The van der Waals surface area contributed by atoms with E-state index in [1.54, 1.807) is 0 Å². The highest BCUT2D eigenvalue weighted by Gasteiger charge is 2.66. The largest absolute Gasteiger partial charge is 0.444 e. The van der Waals surface area contributed by atoms with E-state index in [-0.39, 0.29) is 25.0 Å². The van der Waals surface area contributed by atoms with Gasteiger partial charge in [-0.3, -0.25) is 9.35 Å². The molecule has 1 saturated heterocycles. The van der Waals surface area contributed by atoms with E-state index in [9.17, 15) is 35.2 Å². The van der Waals surface area contributed by atoms with Gasteiger partial charge in [0, 0.05) is 0 Å². The van der Waals surface area contributed by atoms with Crippen LogP contribution in [0, 0.1) is 5.92 Å². The Morgan fingerprint density at radius 3 is 2.23 bits per heavy atom.